The van der Waals surface area contributed by atoms with E-state index in [9.17, 15) is 4.79 Å². The topological polar surface area (TPSA) is 90.9 Å². The van der Waals surface area contributed by atoms with E-state index in [4.69, 9.17) is 34.2 Å². The van der Waals surface area contributed by atoms with Crippen LogP contribution in [0.2, 0.25) is 130 Å². The van der Waals surface area contributed by atoms with Gasteiger partial charge in [-0.15, -0.1) is 0 Å². The van der Waals surface area contributed by atoms with Gasteiger partial charge in [-0.2, -0.15) is 0 Å². The Morgan fingerprint density at radius 1 is 0.381 bits per heavy atom. The van der Waals surface area contributed by atoms with Gasteiger partial charge in [0.25, 0.3) is 0 Å². The zero-order valence-corrected chi connectivity index (χ0v) is 38.4. The standard InChI is InChI=1S/C25H66O9Si8/c1-35(2,3)29-41(30-36(4,5)6,31-37(7,8)9)23-19-21-27-25(26)28-22-20-24-42(32-38(10,11)12,33-39(13,14)15)34-40(16,17)18/h19-24H2,1-18H3. The van der Waals surface area contributed by atoms with Gasteiger partial charge in [0.05, 0.1) is 13.2 Å². The van der Waals surface area contributed by atoms with Gasteiger partial charge in [0.2, 0.25) is 0 Å². The average Bonchev–Trinajstić information content (AvgIpc) is 2.60. The van der Waals surface area contributed by atoms with Crippen LogP contribution in [0.5, 0.6) is 0 Å². The number of carbonyl (C=O) groups excluding carboxylic acids is 1. The minimum atomic E-state index is -2.96. The third-order valence-corrected chi connectivity index (χ3v) is 28.6. The molecule has 42 heavy (non-hydrogen) atoms. The third kappa shape index (κ3) is 23.2. The molecule has 0 amide bonds. The first-order valence-electron chi connectivity index (χ1n) is 15.3. The largest absolute Gasteiger partial charge is 0.508 e. The molecule has 0 aliphatic carbocycles. The van der Waals surface area contributed by atoms with Crippen LogP contribution in [-0.2, 0) is 34.2 Å². The summed E-state index contributed by atoms with van der Waals surface area (Å²) < 4.78 is 51.2. The van der Waals surface area contributed by atoms with Crippen LogP contribution >= 0.6 is 0 Å². The first-order valence-corrected chi connectivity index (χ1v) is 39.7. The second-order valence-electron chi connectivity index (χ2n) is 16.8. The van der Waals surface area contributed by atoms with Crippen molar-refractivity contribution in [2.45, 2.75) is 143 Å². The van der Waals surface area contributed by atoms with E-state index in [1.807, 2.05) is 0 Å². The van der Waals surface area contributed by atoms with Gasteiger partial charge in [0.1, 0.15) is 0 Å². The molecule has 0 radical (unpaired) electrons. The van der Waals surface area contributed by atoms with Crippen molar-refractivity contribution >= 4 is 73.7 Å². The summed E-state index contributed by atoms with van der Waals surface area (Å²) in [5, 5.41) is 0. The minimum absolute atomic E-state index is 0.224. The van der Waals surface area contributed by atoms with Crippen LogP contribution in [0.15, 0.2) is 0 Å². The molecule has 0 aromatic carbocycles. The van der Waals surface area contributed by atoms with Gasteiger partial charge >= 0.3 is 23.8 Å². The smallest absolute Gasteiger partial charge is 0.434 e. The first-order chi connectivity index (χ1) is 18.3. The number of hydrogen-bond acceptors (Lipinski definition) is 9. The SMILES string of the molecule is C[Si](C)(C)O[Si](CCCOC(=O)OCCC[Si](O[Si](C)(C)C)(O[Si](C)(C)C)O[Si](C)(C)C)(O[Si](C)(C)C)O[Si](C)(C)C. The molecule has 252 valence electrons. The van der Waals surface area contributed by atoms with Crippen LogP contribution in [0.4, 0.5) is 4.79 Å². The summed E-state index contributed by atoms with van der Waals surface area (Å²) >= 11 is 0. The van der Waals surface area contributed by atoms with Crippen molar-refractivity contribution in [3.05, 3.63) is 0 Å². The predicted octanol–water partition coefficient (Wildman–Crippen LogP) is 8.91. The molecule has 0 aliphatic heterocycles. The monoisotopic (exact) mass is 734 g/mol. The number of carbonyl (C=O) groups is 1. The molecule has 0 fully saturated rings. The molecule has 0 saturated heterocycles. The van der Waals surface area contributed by atoms with Gasteiger partial charge in [-0.3, -0.25) is 0 Å². The van der Waals surface area contributed by atoms with Crippen LogP contribution in [0.3, 0.4) is 0 Å². The molecule has 0 bridgehead atoms. The Labute approximate surface area is 267 Å². The van der Waals surface area contributed by atoms with E-state index < -0.39 is 73.7 Å². The second-order valence-corrected chi connectivity index (χ2v) is 50.8. The molecule has 0 aliphatic rings. The van der Waals surface area contributed by atoms with E-state index in [1.165, 1.54) is 0 Å². The highest BCUT2D eigenvalue weighted by Gasteiger charge is 2.51. The van der Waals surface area contributed by atoms with Gasteiger partial charge in [-0.25, -0.2) is 4.79 Å². The Morgan fingerprint density at radius 2 is 0.571 bits per heavy atom. The molecule has 0 rings (SSSR count). The molecule has 9 nitrogen and oxygen atoms in total. The molecule has 0 atom stereocenters. The highest BCUT2D eigenvalue weighted by molar-refractivity contribution is 6.91. The lowest BCUT2D eigenvalue weighted by Crippen LogP contribution is -2.60. The summed E-state index contributed by atoms with van der Waals surface area (Å²) in [5.41, 5.74) is 0. The Balaban J connectivity index is 5.29. The summed E-state index contributed by atoms with van der Waals surface area (Å²) in [6, 6.07) is 1.23. The number of rotatable bonds is 20. The maximum Gasteiger partial charge on any atom is 0.508 e. The van der Waals surface area contributed by atoms with Crippen molar-refractivity contribution in [1.82, 2.24) is 0 Å². The van der Waals surface area contributed by atoms with E-state index in [0.29, 0.717) is 24.9 Å². The van der Waals surface area contributed by atoms with Crippen molar-refractivity contribution in [1.29, 1.82) is 0 Å². The van der Waals surface area contributed by atoms with Crippen molar-refractivity contribution < 1.29 is 39.0 Å². The van der Waals surface area contributed by atoms with E-state index in [1.54, 1.807) is 0 Å². The van der Waals surface area contributed by atoms with Crippen LogP contribution in [0.1, 0.15) is 12.8 Å². The molecule has 0 N–H and O–H groups in total. The van der Waals surface area contributed by atoms with Gasteiger partial charge in [0.15, 0.2) is 49.9 Å². The summed E-state index contributed by atoms with van der Waals surface area (Å²) in [6.07, 6.45) is 0.519. The van der Waals surface area contributed by atoms with E-state index in [2.05, 4.69) is 118 Å². The van der Waals surface area contributed by atoms with E-state index in [-0.39, 0.29) is 13.2 Å². The zero-order valence-electron chi connectivity index (χ0n) is 30.4. The molecule has 17 heteroatoms. The molecule has 0 aromatic rings. The van der Waals surface area contributed by atoms with Crippen molar-refractivity contribution in [3.63, 3.8) is 0 Å². The fourth-order valence-electron chi connectivity index (χ4n) is 4.16. The molecule has 0 aromatic heterocycles. The maximum absolute atomic E-state index is 12.5. The molecule has 0 spiro atoms. The molecular formula is C25H66O9Si8. The van der Waals surface area contributed by atoms with E-state index in [0.717, 1.165) is 0 Å². The van der Waals surface area contributed by atoms with Crippen molar-refractivity contribution in [2.24, 2.45) is 0 Å². The quantitative estimate of drug-likeness (QED) is 0.0691. The lowest BCUT2D eigenvalue weighted by atomic mass is 10.5. The molecular weight excluding hydrogens is 669 g/mol. The van der Waals surface area contributed by atoms with Gasteiger partial charge in [-0.05, 0) is 131 Å². The van der Waals surface area contributed by atoms with Crippen LogP contribution in [0.25, 0.3) is 0 Å². The van der Waals surface area contributed by atoms with Gasteiger partial charge in [-0.1, -0.05) is 0 Å². The summed E-state index contributed by atoms with van der Waals surface area (Å²) in [6.45, 7) is 39.4. The second kappa shape index (κ2) is 16.0. The zero-order chi connectivity index (χ0) is 33.5. The fraction of sp³-hybridized carbons (Fsp3) is 0.960. The molecule has 0 heterocycles. The first kappa shape index (κ1) is 42.8. The minimum Gasteiger partial charge on any atom is -0.434 e. The third-order valence-electron chi connectivity index (χ3n) is 4.46. The van der Waals surface area contributed by atoms with Crippen LogP contribution in [-0.4, -0.2) is 86.9 Å². The number of hydrogen-bond donors (Lipinski definition) is 0. The fourth-order valence-corrected chi connectivity index (χ4v) is 33.4. The van der Waals surface area contributed by atoms with E-state index >= 15 is 0 Å². The number of ether oxygens (including phenoxy) is 2. The lowest BCUT2D eigenvalue weighted by molar-refractivity contribution is 0.0538. The summed E-state index contributed by atoms with van der Waals surface area (Å²) in [7, 11) is -17.6. The Hall–Kier alpha value is 0.765. The normalized spacial score (nSPS) is 14.7. The summed E-state index contributed by atoms with van der Waals surface area (Å²) in [5.74, 6) is 0. The summed E-state index contributed by atoms with van der Waals surface area (Å²) in [4.78, 5) is 12.5. The molecule has 0 saturated carbocycles. The maximum atomic E-state index is 12.5. The Kier molecular flexibility index (Phi) is 16.3. The predicted molar refractivity (Wildman–Crippen MR) is 194 cm³/mol. The van der Waals surface area contributed by atoms with Crippen LogP contribution in [0, 0.1) is 0 Å². The highest BCUT2D eigenvalue weighted by Crippen LogP contribution is 2.31. The lowest BCUT2D eigenvalue weighted by Gasteiger charge is -2.42. The Morgan fingerprint density at radius 3 is 0.738 bits per heavy atom. The average molecular weight is 735 g/mol. The van der Waals surface area contributed by atoms with Crippen molar-refractivity contribution in [2.75, 3.05) is 13.2 Å². The van der Waals surface area contributed by atoms with Gasteiger partial charge in [0, 0.05) is 12.1 Å². The van der Waals surface area contributed by atoms with Crippen LogP contribution < -0.4 is 0 Å². The Bertz CT molecular complexity index is 673. The van der Waals surface area contributed by atoms with Crippen molar-refractivity contribution in [3.8, 4) is 0 Å². The molecule has 0 unspecified atom stereocenters. The van der Waals surface area contributed by atoms with Gasteiger partial charge < -0.3 is 34.2 Å². The highest BCUT2D eigenvalue weighted by atomic mass is 28.5.